The van der Waals surface area contributed by atoms with E-state index < -0.39 is 0 Å². The summed E-state index contributed by atoms with van der Waals surface area (Å²) >= 11 is 0. The molecule has 20 heavy (non-hydrogen) atoms. The number of nitrogens with zero attached hydrogens (tertiary/aromatic N) is 1. The van der Waals surface area contributed by atoms with Crippen molar-refractivity contribution in [3.05, 3.63) is 33.9 Å². The Morgan fingerprint density at radius 1 is 1.35 bits per heavy atom. The molecule has 1 saturated carbocycles. The van der Waals surface area contributed by atoms with Gasteiger partial charge in [0.05, 0.1) is 11.0 Å². The molecular formula is C15H22N2O3. The standard InChI is InChI=1S/C15H22N2O3/c1-3-11-4-5-13(10-15(11)17(18)19)16-12-6-8-14(20-2)9-7-12/h4-5,10,12,14,16H,3,6-9H2,1-2H3. The van der Waals surface area contributed by atoms with E-state index in [1.54, 1.807) is 13.2 Å². The number of benzene rings is 1. The van der Waals surface area contributed by atoms with Gasteiger partial charge in [-0.1, -0.05) is 13.0 Å². The summed E-state index contributed by atoms with van der Waals surface area (Å²) in [6.07, 6.45) is 5.22. The molecule has 1 aromatic carbocycles. The quantitative estimate of drug-likeness (QED) is 0.661. The highest BCUT2D eigenvalue weighted by Gasteiger charge is 2.21. The van der Waals surface area contributed by atoms with E-state index in [1.807, 2.05) is 19.1 Å². The number of anilines is 1. The monoisotopic (exact) mass is 278 g/mol. The van der Waals surface area contributed by atoms with Gasteiger partial charge in [-0.25, -0.2) is 0 Å². The van der Waals surface area contributed by atoms with Gasteiger partial charge in [0.2, 0.25) is 0 Å². The summed E-state index contributed by atoms with van der Waals surface area (Å²) in [5.74, 6) is 0. The van der Waals surface area contributed by atoms with Gasteiger partial charge in [0.15, 0.2) is 0 Å². The number of nitro groups is 1. The van der Waals surface area contributed by atoms with Crippen molar-refractivity contribution in [2.75, 3.05) is 12.4 Å². The van der Waals surface area contributed by atoms with Crippen LogP contribution in [0.5, 0.6) is 0 Å². The summed E-state index contributed by atoms with van der Waals surface area (Å²) < 4.78 is 5.35. The van der Waals surface area contributed by atoms with Gasteiger partial charge in [-0.05, 0) is 38.2 Å². The average molecular weight is 278 g/mol. The van der Waals surface area contributed by atoms with Gasteiger partial charge in [-0.15, -0.1) is 0 Å². The van der Waals surface area contributed by atoms with Crippen molar-refractivity contribution in [3.63, 3.8) is 0 Å². The van der Waals surface area contributed by atoms with Crippen molar-refractivity contribution in [3.8, 4) is 0 Å². The van der Waals surface area contributed by atoms with Crippen LogP contribution in [0, 0.1) is 10.1 Å². The van der Waals surface area contributed by atoms with Crippen LogP contribution in [0.2, 0.25) is 0 Å². The molecule has 5 nitrogen and oxygen atoms in total. The number of rotatable bonds is 5. The van der Waals surface area contributed by atoms with Crippen LogP contribution in [-0.4, -0.2) is 24.2 Å². The van der Waals surface area contributed by atoms with Crippen LogP contribution in [0.15, 0.2) is 18.2 Å². The lowest BCUT2D eigenvalue weighted by Gasteiger charge is -2.28. The molecule has 0 aromatic heterocycles. The fraction of sp³-hybridized carbons (Fsp3) is 0.600. The normalized spacial score (nSPS) is 22.5. The smallest absolute Gasteiger partial charge is 0.274 e. The van der Waals surface area contributed by atoms with Gasteiger partial charge in [0, 0.05) is 30.5 Å². The molecule has 0 aliphatic heterocycles. The van der Waals surface area contributed by atoms with Crippen molar-refractivity contribution < 1.29 is 9.66 Å². The Morgan fingerprint density at radius 2 is 2.05 bits per heavy atom. The number of nitrogens with one attached hydrogen (secondary N) is 1. The number of nitro benzene ring substituents is 1. The van der Waals surface area contributed by atoms with Crippen molar-refractivity contribution >= 4 is 11.4 Å². The topological polar surface area (TPSA) is 64.4 Å². The molecule has 1 N–H and O–H groups in total. The number of ether oxygens (including phenoxy) is 1. The number of aryl methyl sites for hydroxylation is 1. The van der Waals surface area contributed by atoms with E-state index >= 15 is 0 Å². The second-order valence-corrected chi connectivity index (χ2v) is 5.31. The zero-order chi connectivity index (χ0) is 14.5. The van der Waals surface area contributed by atoms with Crippen LogP contribution >= 0.6 is 0 Å². The van der Waals surface area contributed by atoms with Gasteiger partial charge < -0.3 is 10.1 Å². The highest BCUT2D eigenvalue weighted by Crippen LogP contribution is 2.27. The maximum atomic E-state index is 11.1. The molecule has 0 spiro atoms. The minimum atomic E-state index is -0.300. The summed E-state index contributed by atoms with van der Waals surface area (Å²) in [6.45, 7) is 1.93. The first kappa shape index (κ1) is 14.8. The average Bonchev–Trinajstić information content (AvgIpc) is 2.48. The molecule has 0 atom stereocenters. The van der Waals surface area contributed by atoms with E-state index in [2.05, 4.69) is 5.32 Å². The summed E-state index contributed by atoms with van der Waals surface area (Å²) in [5, 5.41) is 14.5. The zero-order valence-corrected chi connectivity index (χ0v) is 12.1. The maximum Gasteiger partial charge on any atom is 0.274 e. The second-order valence-electron chi connectivity index (χ2n) is 5.31. The van der Waals surface area contributed by atoms with Crippen molar-refractivity contribution in [1.29, 1.82) is 0 Å². The molecule has 1 aliphatic carbocycles. The van der Waals surface area contributed by atoms with Gasteiger partial charge in [0.25, 0.3) is 5.69 Å². The Kier molecular flexibility index (Phi) is 4.95. The number of hydrogen-bond donors (Lipinski definition) is 1. The van der Waals surface area contributed by atoms with Crippen LogP contribution in [0.25, 0.3) is 0 Å². The lowest BCUT2D eigenvalue weighted by Crippen LogP contribution is -2.29. The first-order valence-corrected chi connectivity index (χ1v) is 7.20. The highest BCUT2D eigenvalue weighted by molar-refractivity contribution is 5.55. The summed E-state index contributed by atoms with van der Waals surface area (Å²) in [5.41, 5.74) is 1.83. The molecule has 0 radical (unpaired) electrons. The van der Waals surface area contributed by atoms with Crippen LogP contribution in [0.3, 0.4) is 0 Å². The lowest BCUT2D eigenvalue weighted by atomic mass is 9.92. The van der Waals surface area contributed by atoms with Gasteiger partial charge in [-0.3, -0.25) is 10.1 Å². The first-order valence-electron chi connectivity index (χ1n) is 7.20. The molecule has 2 rings (SSSR count). The number of methoxy groups -OCH3 is 1. The van der Waals surface area contributed by atoms with E-state index in [4.69, 9.17) is 4.74 Å². The fourth-order valence-electron chi connectivity index (χ4n) is 2.80. The molecule has 0 saturated heterocycles. The van der Waals surface area contributed by atoms with E-state index in [1.165, 1.54) is 0 Å². The van der Waals surface area contributed by atoms with Gasteiger partial charge in [0.1, 0.15) is 0 Å². The number of hydrogen-bond acceptors (Lipinski definition) is 4. The minimum absolute atomic E-state index is 0.211. The third-order valence-electron chi connectivity index (χ3n) is 4.04. The Morgan fingerprint density at radius 3 is 2.60 bits per heavy atom. The SMILES string of the molecule is CCc1ccc(NC2CCC(OC)CC2)cc1[N+](=O)[O-]. The molecule has 1 aliphatic rings. The largest absolute Gasteiger partial charge is 0.382 e. The van der Waals surface area contributed by atoms with Crippen molar-refractivity contribution in [2.24, 2.45) is 0 Å². The predicted molar refractivity (Wildman–Crippen MR) is 79.2 cm³/mol. The molecule has 0 heterocycles. The summed E-state index contributed by atoms with van der Waals surface area (Å²) in [7, 11) is 1.76. The Bertz CT molecular complexity index is 468. The van der Waals surface area contributed by atoms with Crippen molar-refractivity contribution in [2.45, 2.75) is 51.2 Å². The van der Waals surface area contributed by atoms with Crippen molar-refractivity contribution in [1.82, 2.24) is 0 Å². The van der Waals surface area contributed by atoms with Crippen LogP contribution in [0.1, 0.15) is 38.2 Å². The van der Waals surface area contributed by atoms with E-state index in [-0.39, 0.29) is 10.6 Å². The van der Waals surface area contributed by atoms with Crippen LogP contribution < -0.4 is 5.32 Å². The van der Waals surface area contributed by atoms with Gasteiger partial charge >= 0.3 is 0 Å². The van der Waals surface area contributed by atoms with Crippen LogP contribution in [-0.2, 0) is 11.2 Å². The van der Waals surface area contributed by atoms with E-state index in [0.717, 1.165) is 36.9 Å². The van der Waals surface area contributed by atoms with Gasteiger partial charge in [-0.2, -0.15) is 0 Å². The minimum Gasteiger partial charge on any atom is -0.382 e. The second kappa shape index (κ2) is 6.70. The molecule has 5 heteroatoms. The van der Waals surface area contributed by atoms with Crippen LogP contribution in [0.4, 0.5) is 11.4 Å². The first-order chi connectivity index (χ1) is 9.63. The Hall–Kier alpha value is -1.62. The highest BCUT2D eigenvalue weighted by atomic mass is 16.6. The molecular weight excluding hydrogens is 256 g/mol. The third-order valence-corrected chi connectivity index (χ3v) is 4.04. The Labute approximate surface area is 119 Å². The molecule has 1 fully saturated rings. The van der Waals surface area contributed by atoms with E-state index in [9.17, 15) is 10.1 Å². The third kappa shape index (κ3) is 3.48. The predicted octanol–water partition coefficient (Wildman–Crippen LogP) is 3.53. The van der Waals surface area contributed by atoms with E-state index in [0.29, 0.717) is 18.6 Å². The molecule has 1 aromatic rings. The molecule has 110 valence electrons. The zero-order valence-electron chi connectivity index (χ0n) is 12.1. The molecule has 0 bridgehead atoms. The molecule has 0 unspecified atom stereocenters. The summed E-state index contributed by atoms with van der Waals surface area (Å²) in [4.78, 5) is 10.8. The Balaban J connectivity index is 2.03. The summed E-state index contributed by atoms with van der Waals surface area (Å²) in [6, 6.07) is 5.82. The maximum absolute atomic E-state index is 11.1. The fourth-order valence-corrected chi connectivity index (χ4v) is 2.80. The molecule has 0 amide bonds. The lowest BCUT2D eigenvalue weighted by molar-refractivity contribution is -0.385.